The van der Waals surface area contributed by atoms with Gasteiger partial charge in [-0.2, -0.15) is 0 Å². The van der Waals surface area contributed by atoms with E-state index in [4.69, 9.17) is 4.74 Å². The van der Waals surface area contributed by atoms with E-state index in [0.29, 0.717) is 13.2 Å². The van der Waals surface area contributed by atoms with Crippen molar-refractivity contribution in [2.75, 3.05) is 25.1 Å². The molecule has 110 valence electrons. The fraction of sp³-hybridized carbons (Fsp3) is 0.533. The third-order valence-electron chi connectivity index (χ3n) is 3.68. The molecule has 1 amide bonds. The van der Waals surface area contributed by atoms with E-state index in [1.165, 1.54) is 0 Å². The fourth-order valence-electron chi connectivity index (χ4n) is 2.41. The molecule has 1 aliphatic rings. The van der Waals surface area contributed by atoms with Gasteiger partial charge in [0.25, 0.3) is 0 Å². The molecule has 2 rings (SSSR count). The average Bonchev–Trinajstić information content (AvgIpc) is 2.48. The Kier molecular flexibility index (Phi) is 5.11. The number of aliphatic hydroxyl groups is 1. The predicted octanol–water partition coefficient (Wildman–Crippen LogP) is 1.10. The zero-order chi connectivity index (χ0) is 14.5. The number of rotatable bonds is 4. The number of ether oxygens (including phenoxy) is 1. The lowest BCUT2D eigenvalue weighted by atomic mass is 10.1. The number of nitrogens with zero attached hydrogens (tertiary/aromatic N) is 1. The number of hydrogen-bond acceptors (Lipinski definition) is 4. The number of para-hydroxylation sites is 1. The Hall–Kier alpha value is -1.43. The molecule has 0 aliphatic carbocycles. The van der Waals surface area contributed by atoms with E-state index < -0.39 is 0 Å². The second kappa shape index (κ2) is 6.83. The highest BCUT2D eigenvalue weighted by Crippen LogP contribution is 2.16. The minimum atomic E-state index is -0.261. The van der Waals surface area contributed by atoms with Gasteiger partial charge in [-0.1, -0.05) is 18.2 Å². The van der Waals surface area contributed by atoms with Crippen LogP contribution < -0.4 is 5.32 Å². The number of hydrogen-bond donors (Lipinski definition) is 2. The van der Waals surface area contributed by atoms with Crippen LogP contribution in [0.1, 0.15) is 13.8 Å². The molecule has 5 nitrogen and oxygen atoms in total. The van der Waals surface area contributed by atoms with Crippen LogP contribution >= 0.6 is 0 Å². The standard InChI is InChI=1S/C15H22N2O3/c1-11-10-20-14(9-18)8-17(11)12(2)15(19)16-13-6-4-3-5-7-13/h3-7,11-12,14,18H,8-10H2,1-2H3,(H,16,19). The van der Waals surface area contributed by atoms with Crippen molar-refractivity contribution in [1.29, 1.82) is 0 Å². The van der Waals surface area contributed by atoms with Crippen LogP contribution in [0.25, 0.3) is 0 Å². The molecule has 0 bridgehead atoms. The summed E-state index contributed by atoms with van der Waals surface area (Å²) in [6.07, 6.45) is -0.210. The van der Waals surface area contributed by atoms with Crippen molar-refractivity contribution < 1.29 is 14.6 Å². The van der Waals surface area contributed by atoms with Crippen molar-refractivity contribution in [1.82, 2.24) is 4.90 Å². The first kappa shape index (κ1) is 15.0. The number of carbonyl (C=O) groups excluding carboxylic acids is 1. The first-order valence-corrected chi connectivity index (χ1v) is 6.96. The van der Waals surface area contributed by atoms with Crippen LogP contribution in [0.4, 0.5) is 5.69 Å². The highest BCUT2D eigenvalue weighted by atomic mass is 16.5. The summed E-state index contributed by atoms with van der Waals surface area (Å²) < 4.78 is 5.49. The summed E-state index contributed by atoms with van der Waals surface area (Å²) in [6.45, 7) is 5.00. The van der Waals surface area contributed by atoms with E-state index in [1.54, 1.807) is 0 Å². The number of aliphatic hydroxyl groups excluding tert-OH is 1. The Labute approximate surface area is 119 Å². The van der Waals surface area contributed by atoms with Crippen LogP contribution in [0.3, 0.4) is 0 Å². The zero-order valence-corrected chi connectivity index (χ0v) is 12.0. The molecule has 1 saturated heterocycles. The van der Waals surface area contributed by atoms with Crippen LogP contribution in [0, 0.1) is 0 Å². The maximum atomic E-state index is 12.3. The van der Waals surface area contributed by atoms with Crippen molar-refractivity contribution in [3.05, 3.63) is 30.3 Å². The lowest BCUT2D eigenvalue weighted by Crippen LogP contribution is -2.56. The molecule has 1 aliphatic heterocycles. The molecule has 5 heteroatoms. The number of carbonyl (C=O) groups is 1. The van der Waals surface area contributed by atoms with Gasteiger partial charge in [0.2, 0.25) is 5.91 Å². The molecule has 0 aromatic heterocycles. The Balaban J connectivity index is 1.98. The van der Waals surface area contributed by atoms with Gasteiger partial charge in [0.1, 0.15) is 0 Å². The summed E-state index contributed by atoms with van der Waals surface area (Å²) in [5.41, 5.74) is 0.795. The van der Waals surface area contributed by atoms with E-state index in [1.807, 2.05) is 44.2 Å². The molecular weight excluding hydrogens is 256 g/mol. The van der Waals surface area contributed by atoms with Gasteiger partial charge in [-0.3, -0.25) is 9.69 Å². The van der Waals surface area contributed by atoms with E-state index in [9.17, 15) is 9.90 Å². The van der Waals surface area contributed by atoms with E-state index in [2.05, 4.69) is 10.2 Å². The highest BCUT2D eigenvalue weighted by Gasteiger charge is 2.32. The Bertz CT molecular complexity index is 438. The highest BCUT2D eigenvalue weighted by molar-refractivity contribution is 5.94. The molecule has 0 spiro atoms. The van der Waals surface area contributed by atoms with Crippen LogP contribution in [0.15, 0.2) is 30.3 Å². The molecular formula is C15H22N2O3. The molecule has 0 saturated carbocycles. The number of anilines is 1. The topological polar surface area (TPSA) is 61.8 Å². The van der Waals surface area contributed by atoms with E-state index >= 15 is 0 Å². The normalized spacial score (nSPS) is 25.1. The smallest absolute Gasteiger partial charge is 0.241 e. The van der Waals surface area contributed by atoms with Crippen LogP contribution in [-0.2, 0) is 9.53 Å². The summed E-state index contributed by atoms with van der Waals surface area (Å²) >= 11 is 0. The molecule has 0 radical (unpaired) electrons. The van der Waals surface area contributed by atoms with Crippen molar-refractivity contribution >= 4 is 11.6 Å². The first-order valence-electron chi connectivity index (χ1n) is 6.96. The molecule has 20 heavy (non-hydrogen) atoms. The monoisotopic (exact) mass is 278 g/mol. The second-order valence-corrected chi connectivity index (χ2v) is 5.21. The molecule has 1 heterocycles. The summed E-state index contributed by atoms with van der Waals surface area (Å²) in [6, 6.07) is 9.32. The van der Waals surface area contributed by atoms with Gasteiger partial charge in [-0.15, -0.1) is 0 Å². The van der Waals surface area contributed by atoms with Crippen molar-refractivity contribution in [3.8, 4) is 0 Å². The predicted molar refractivity (Wildman–Crippen MR) is 77.5 cm³/mol. The largest absolute Gasteiger partial charge is 0.394 e. The SMILES string of the molecule is CC1COC(CO)CN1C(C)C(=O)Nc1ccccc1. The minimum absolute atomic E-state index is 0.0176. The summed E-state index contributed by atoms with van der Waals surface area (Å²) in [5, 5.41) is 12.1. The number of amides is 1. The van der Waals surface area contributed by atoms with Crippen molar-refractivity contribution in [2.45, 2.75) is 32.0 Å². The molecule has 3 unspecified atom stereocenters. The molecule has 3 atom stereocenters. The Morgan fingerprint density at radius 2 is 2.20 bits per heavy atom. The van der Waals surface area contributed by atoms with Crippen LogP contribution in [-0.4, -0.2) is 53.9 Å². The number of nitrogens with one attached hydrogen (secondary N) is 1. The maximum Gasteiger partial charge on any atom is 0.241 e. The average molecular weight is 278 g/mol. The third-order valence-corrected chi connectivity index (χ3v) is 3.68. The summed E-state index contributed by atoms with van der Waals surface area (Å²) in [4.78, 5) is 14.4. The molecule has 1 aromatic rings. The quantitative estimate of drug-likeness (QED) is 0.865. The van der Waals surface area contributed by atoms with Crippen LogP contribution in [0.5, 0.6) is 0 Å². The molecule has 2 N–H and O–H groups in total. The van der Waals surface area contributed by atoms with Gasteiger partial charge < -0.3 is 15.2 Å². The van der Waals surface area contributed by atoms with Gasteiger partial charge in [0.15, 0.2) is 0 Å². The first-order chi connectivity index (χ1) is 9.61. The van der Waals surface area contributed by atoms with Gasteiger partial charge in [0, 0.05) is 18.3 Å². The van der Waals surface area contributed by atoms with Gasteiger partial charge in [-0.05, 0) is 26.0 Å². The Morgan fingerprint density at radius 1 is 1.50 bits per heavy atom. The zero-order valence-electron chi connectivity index (χ0n) is 12.0. The number of morpholine rings is 1. The third kappa shape index (κ3) is 3.56. The summed E-state index contributed by atoms with van der Waals surface area (Å²) in [7, 11) is 0. The number of benzene rings is 1. The lowest BCUT2D eigenvalue weighted by Gasteiger charge is -2.40. The van der Waals surface area contributed by atoms with Gasteiger partial charge in [-0.25, -0.2) is 0 Å². The van der Waals surface area contributed by atoms with E-state index in [-0.39, 0.29) is 30.7 Å². The molecule has 1 fully saturated rings. The Morgan fingerprint density at radius 3 is 2.85 bits per heavy atom. The van der Waals surface area contributed by atoms with Crippen LogP contribution in [0.2, 0.25) is 0 Å². The van der Waals surface area contributed by atoms with Gasteiger partial charge >= 0.3 is 0 Å². The van der Waals surface area contributed by atoms with Gasteiger partial charge in [0.05, 0.1) is 25.4 Å². The maximum absolute atomic E-state index is 12.3. The lowest BCUT2D eigenvalue weighted by molar-refractivity contribution is -0.129. The van der Waals surface area contributed by atoms with E-state index in [0.717, 1.165) is 5.69 Å². The summed E-state index contributed by atoms with van der Waals surface area (Å²) in [5.74, 6) is -0.0401. The second-order valence-electron chi connectivity index (χ2n) is 5.21. The minimum Gasteiger partial charge on any atom is -0.394 e. The fourth-order valence-corrected chi connectivity index (χ4v) is 2.41. The van der Waals surface area contributed by atoms with Crippen molar-refractivity contribution in [3.63, 3.8) is 0 Å². The molecule has 1 aromatic carbocycles. The van der Waals surface area contributed by atoms with Crippen molar-refractivity contribution in [2.24, 2.45) is 0 Å².